The Morgan fingerprint density at radius 3 is 2.33 bits per heavy atom. The predicted octanol–water partition coefficient (Wildman–Crippen LogP) is 2.03. The molecule has 0 heterocycles. The van der Waals surface area contributed by atoms with E-state index in [-0.39, 0.29) is 6.61 Å². The number of unbranched alkanes of at least 4 members (excludes halogenated alkanes) is 3. The summed E-state index contributed by atoms with van der Waals surface area (Å²) in [6.07, 6.45) is 3.34. The fourth-order valence-electron chi connectivity index (χ4n) is 2.46. The van der Waals surface area contributed by atoms with Crippen LogP contribution in [0.25, 0.3) is 0 Å². The van der Waals surface area contributed by atoms with Crippen molar-refractivity contribution < 1.29 is 13.5 Å². The molecule has 0 aromatic heterocycles. The van der Waals surface area contributed by atoms with Crippen molar-refractivity contribution in [3.63, 3.8) is 0 Å². The number of nitrogens with two attached hydrogens (primary N) is 1. The summed E-state index contributed by atoms with van der Waals surface area (Å²) in [4.78, 5) is 0.293. The van der Waals surface area contributed by atoms with Crippen LogP contribution in [-0.2, 0) is 10.0 Å². The van der Waals surface area contributed by atoms with Gasteiger partial charge in [-0.15, -0.1) is 0 Å². The van der Waals surface area contributed by atoms with Gasteiger partial charge in [-0.1, -0.05) is 18.9 Å². The first-order chi connectivity index (χ1) is 9.81. The molecule has 1 aromatic carbocycles. The number of rotatable bonds is 8. The molecule has 0 bridgehead atoms. The summed E-state index contributed by atoms with van der Waals surface area (Å²) < 4.78 is 27.5. The molecular weight excluding hydrogens is 288 g/mol. The Kier molecular flexibility index (Phi) is 6.64. The van der Waals surface area contributed by atoms with Gasteiger partial charge in [0.15, 0.2) is 0 Å². The summed E-state index contributed by atoms with van der Waals surface area (Å²) in [6, 6.07) is 1.80. The molecule has 0 saturated heterocycles. The highest BCUT2D eigenvalue weighted by Crippen LogP contribution is 2.27. The zero-order chi connectivity index (χ0) is 16.0. The van der Waals surface area contributed by atoms with Crippen molar-refractivity contribution >= 4 is 15.7 Å². The first-order valence-electron chi connectivity index (χ1n) is 7.28. The standard InChI is InChI=1S/C15H26N2O3S/c1-11-10-12(2)15(13(3)14(11)16)21(19,20)17-8-6-4-5-7-9-18/h10,17-18H,4-9,16H2,1-3H3. The smallest absolute Gasteiger partial charge is 0.241 e. The monoisotopic (exact) mass is 314 g/mol. The van der Waals surface area contributed by atoms with E-state index in [1.165, 1.54) is 0 Å². The Morgan fingerprint density at radius 1 is 1.10 bits per heavy atom. The predicted molar refractivity (Wildman–Crippen MR) is 85.8 cm³/mol. The van der Waals surface area contributed by atoms with Crippen LogP contribution in [0.1, 0.15) is 42.4 Å². The fourth-order valence-corrected chi connectivity index (χ4v) is 4.02. The molecule has 120 valence electrons. The molecule has 1 rings (SSSR count). The average Bonchev–Trinajstić information content (AvgIpc) is 2.40. The normalized spacial score (nSPS) is 11.8. The van der Waals surface area contributed by atoms with Crippen molar-refractivity contribution in [3.8, 4) is 0 Å². The average molecular weight is 314 g/mol. The molecule has 0 saturated carbocycles. The lowest BCUT2D eigenvalue weighted by Gasteiger charge is -2.15. The minimum atomic E-state index is -3.53. The Morgan fingerprint density at radius 2 is 1.71 bits per heavy atom. The molecule has 0 amide bonds. The fraction of sp³-hybridized carbons (Fsp3) is 0.600. The molecule has 1 aromatic rings. The van der Waals surface area contributed by atoms with Crippen LogP contribution in [0, 0.1) is 20.8 Å². The van der Waals surface area contributed by atoms with Crippen LogP contribution < -0.4 is 10.5 Å². The van der Waals surface area contributed by atoms with E-state index in [1.54, 1.807) is 19.9 Å². The Hall–Kier alpha value is -1.11. The number of hydrogen-bond acceptors (Lipinski definition) is 4. The maximum Gasteiger partial charge on any atom is 0.241 e. The van der Waals surface area contributed by atoms with Crippen LogP contribution in [0.15, 0.2) is 11.0 Å². The number of benzene rings is 1. The van der Waals surface area contributed by atoms with Crippen molar-refractivity contribution in [2.45, 2.75) is 51.3 Å². The molecule has 21 heavy (non-hydrogen) atoms. The van der Waals surface area contributed by atoms with Gasteiger partial charge in [-0.25, -0.2) is 13.1 Å². The van der Waals surface area contributed by atoms with Crippen molar-refractivity contribution in [2.75, 3.05) is 18.9 Å². The SMILES string of the molecule is Cc1cc(C)c(S(=O)(=O)NCCCCCCO)c(C)c1N. The molecular formula is C15H26N2O3S. The largest absolute Gasteiger partial charge is 0.398 e. The van der Waals surface area contributed by atoms with Crippen LogP contribution in [-0.4, -0.2) is 26.7 Å². The first kappa shape index (κ1) is 17.9. The number of nitrogen functional groups attached to an aromatic ring is 1. The lowest BCUT2D eigenvalue weighted by molar-refractivity contribution is 0.282. The molecule has 0 spiro atoms. The van der Waals surface area contributed by atoms with E-state index in [2.05, 4.69) is 4.72 Å². The third-order valence-corrected chi connectivity index (χ3v) is 5.36. The quantitative estimate of drug-likeness (QED) is 0.505. The van der Waals surface area contributed by atoms with Crippen LogP contribution in [0.5, 0.6) is 0 Å². The number of anilines is 1. The van der Waals surface area contributed by atoms with E-state index in [0.29, 0.717) is 28.3 Å². The highest BCUT2D eigenvalue weighted by molar-refractivity contribution is 7.89. The van der Waals surface area contributed by atoms with E-state index in [4.69, 9.17) is 10.8 Å². The second-order valence-corrected chi connectivity index (χ2v) is 7.12. The van der Waals surface area contributed by atoms with Crippen LogP contribution in [0.2, 0.25) is 0 Å². The van der Waals surface area contributed by atoms with Gasteiger partial charge in [-0.2, -0.15) is 0 Å². The van der Waals surface area contributed by atoms with Crippen LogP contribution in [0.3, 0.4) is 0 Å². The second-order valence-electron chi connectivity index (χ2n) is 5.41. The number of hydrogen-bond donors (Lipinski definition) is 3. The van der Waals surface area contributed by atoms with Gasteiger partial charge < -0.3 is 10.8 Å². The van der Waals surface area contributed by atoms with Crippen molar-refractivity contribution in [3.05, 3.63) is 22.8 Å². The van der Waals surface area contributed by atoms with Crippen LogP contribution in [0.4, 0.5) is 5.69 Å². The molecule has 0 aliphatic carbocycles. The molecule has 5 nitrogen and oxygen atoms in total. The molecule has 0 atom stereocenters. The topological polar surface area (TPSA) is 92.4 Å². The Balaban J connectivity index is 2.78. The summed E-state index contributed by atoms with van der Waals surface area (Å²) in [5, 5.41) is 8.69. The van der Waals surface area contributed by atoms with Gasteiger partial charge in [0, 0.05) is 18.8 Å². The van der Waals surface area contributed by atoms with Gasteiger partial charge in [-0.3, -0.25) is 0 Å². The summed E-state index contributed by atoms with van der Waals surface area (Å²) >= 11 is 0. The maximum atomic E-state index is 12.4. The van der Waals surface area contributed by atoms with Crippen molar-refractivity contribution in [2.24, 2.45) is 0 Å². The molecule has 0 unspecified atom stereocenters. The second kappa shape index (κ2) is 7.77. The van der Waals surface area contributed by atoms with E-state index in [9.17, 15) is 8.42 Å². The van der Waals surface area contributed by atoms with Crippen LogP contribution >= 0.6 is 0 Å². The number of aliphatic hydroxyl groups excluding tert-OH is 1. The van der Waals surface area contributed by atoms with E-state index in [1.807, 2.05) is 6.92 Å². The van der Waals surface area contributed by atoms with E-state index >= 15 is 0 Å². The third-order valence-electron chi connectivity index (χ3n) is 3.61. The minimum Gasteiger partial charge on any atom is -0.398 e. The number of nitrogens with one attached hydrogen (secondary N) is 1. The first-order valence-corrected chi connectivity index (χ1v) is 8.76. The summed E-state index contributed by atoms with van der Waals surface area (Å²) in [5.74, 6) is 0. The van der Waals surface area contributed by atoms with E-state index < -0.39 is 10.0 Å². The highest BCUT2D eigenvalue weighted by Gasteiger charge is 2.21. The number of aliphatic hydroxyl groups is 1. The third kappa shape index (κ3) is 4.69. The van der Waals surface area contributed by atoms with Gasteiger partial charge in [0.25, 0.3) is 0 Å². The lowest BCUT2D eigenvalue weighted by Crippen LogP contribution is -2.26. The van der Waals surface area contributed by atoms with Gasteiger partial charge in [0.05, 0.1) is 4.90 Å². The zero-order valence-corrected chi connectivity index (χ0v) is 13.9. The Labute approximate surface area is 127 Å². The molecule has 0 aliphatic heterocycles. The zero-order valence-electron chi connectivity index (χ0n) is 13.1. The van der Waals surface area contributed by atoms with Gasteiger partial charge in [-0.05, 0) is 50.3 Å². The Bertz CT molecular complexity index is 583. The lowest BCUT2D eigenvalue weighted by atomic mass is 10.1. The van der Waals surface area contributed by atoms with Gasteiger partial charge in [0.1, 0.15) is 0 Å². The molecule has 4 N–H and O–H groups in total. The number of sulfonamides is 1. The van der Waals surface area contributed by atoms with E-state index in [0.717, 1.165) is 31.2 Å². The molecule has 6 heteroatoms. The summed E-state index contributed by atoms with van der Waals surface area (Å²) in [5.41, 5.74) is 8.70. The number of aryl methyl sites for hydroxylation is 2. The molecule has 0 fully saturated rings. The van der Waals surface area contributed by atoms with Gasteiger partial charge >= 0.3 is 0 Å². The van der Waals surface area contributed by atoms with Crippen molar-refractivity contribution in [1.82, 2.24) is 4.72 Å². The van der Waals surface area contributed by atoms with Crippen molar-refractivity contribution in [1.29, 1.82) is 0 Å². The highest BCUT2D eigenvalue weighted by atomic mass is 32.2. The molecule has 0 aliphatic rings. The molecule has 0 radical (unpaired) electrons. The van der Waals surface area contributed by atoms with Gasteiger partial charge in [0.2, 0.25) is 10.0 Å². The minimum absolute atomic E-state index is 0.187. The summed E-state index contributed by atoms with van der Waals surface area (Å²) in [7, 11) is -3.53. The summed E-state index contributed by atoms with van der Waals surface area (Å²) in [6.45, 7) is 5.99. The maximum absolute atomic E-state index is 12.4.